The number of rotatable bonds is 9. The van der Waals surface area contributed by atoms with Gasteiger partial charge in [-0.1, -0.05) is 12.1 Å². The quantitative estimate of drug-likeness (QED) is 0.270. The van der Waals surface area contributed by atoms with Gasteiger partial charge in [-0.2, -0.15) is 4.98 Å². The second-order valence-electron chi connectivity index (χ2n) is 11.6. The first-order chi connectivity index (χ1) is 20.1. The predicted octanol–water partition coefficient (Wildman–Crippen LogP) is 4.64. The van der Waals surface area contributed by atoms with Crippen molar-refractivity contribution in [1.82, 2.24) is 19.8 Å². The first kappa shape index (κ1) is 30.0. The van der Waals surface area contributed by atoms with E-state index in [0.717, 1.165) is 63.5 Å². The second kappa shape index (κ2) is 12.8. The maximum atomic E-state index is 12.9. The van der Waals surface area contributed by atoms with Gasteiger partial charge in [0.2, 0.25) is 5.95 Å². The summed E-state index contributed by atoms with van der Waals surface area (Å²) in [6.07, 6.45) is 3.82. The highest BCUT2D eigenvalue weighted by molar-refractivity contribution is 7.70. The molecule has 0 spiro atoms. The van der Waals surface area contributed by atoms with E-state index < -0.39 is 7.14 Å². The summed E-state index contributed by atoms with van der Waals surface area (Å²) in [5, 5.41) is 7.19. The highest BCUT2D eigenvalue weighted by Crippen LogP contribution is 2.39. The van der Waals surface area contributed by atoms with Crippen molar-refractivity contribution in [2.75, 3.05) is 82.3 Å². The number of aromatic nitrogens is 2. The Morgan fingerprint density at radius 3 is 2.36 bits per heavy atom. The van der Waals surface area contributed by atoms with Gasteiger partial charge in [-0.15, -0.1) is 0 Å². The molecule has 0 bridgehead atoms. The van der Waals surface area contributed by atoms with Crippen molar-refractivity contribution in [2.45, 2.75) is 25.8 Å². The third-order valence-corrected chi connectivity index (χ3v) is 9.77. The molecule has 224 valence electrons. The SMILES string of the molecule is COc1cc(N2CCC(N3CCN(C)CC3)CC2)ccc1Nc1ncc(C(C)=O)c(Nc2ccccc2P(C)(C)=O)n1. The van der Waals surface area contributed by atoms with Crippen molar-refractivity contribution < 1.29 is 14.1 Å². The van der Waals surface area contributed by atoms with Gasteiger partial charge in [0.25, 0.3) is 0 Å². The van der Waals surface area contributed by atoms with Crippen LogP contribution in [0.5, 0.6) is 5.75 Å². The number of ketones is 1. The molecule has 2 aromatic carbocycles. The number of benzene rings is 2. The summed E-state index contributed by atoms with van der Waals surface area (Å²) < 4.78 is 18.7. The molecular formula is C31H42N7O3P. The molecule has 3 aromatic rings. The molecule has 2 N–H and O–H groups in total. The molecule has 0 amide bonds. The number of carbonyl (C=O) groups excluding carboxylic acids is 1. The average Bonchev–Trinajstić information content (AvgIpc) is 2.97. The summed E-state index contributed by atoms with van der Waals surface area (Å²) in [4.78, 5) is 28.9. The van der Waals surface area contributed by atoms with Crippen molar-refractivity contribution in [3.8, 4) is 5.75 Å². The molecule has 11 heteroatoms. The fourth-order valence-corrected chi connectivity index (χ4v) is 6.90. The molecule has 1 aromatic heterocycles. The third-order valence-electron chi connectivity index (χ3n) is 8.22. The van der Waals surface area contributed by atoms with Gasteiger partial charge >= 0.3 is 0 Å². The lowest BCUT2D eigenvalue weighted by Gasteiger charge is -2.42. The van der Waals surface area contributed by atoms with Crippen LogP contribution in [0.1, 0.15) is 30.1 Å². The highest BCUT2D eigenvalue weighted by Gasteiger charge is 2.27. The summed E-state index contributed by atoms with van der Waals surface area (Å²) in [5.41, 5.74) is 2.85. The van der Waals surface area contributed by atoms with E-state index >= 15 is 0 Å². The number of hydrogen-bond donors (Lipinski definition) is 2. The molecule has 10 nitrogen and oxygen atoms in total. The lowest BCUT2D eigenvalue weighted by atomic mass is 10.0. The lowest BCUT2D eigenvalue weighted by Crippen LogP contribution is -2.52. The molecule has 2 aliphatic rings. The minimum atomic E-state index is -2.57. The van der Waals surface area contributed by atoms with E-state index in [1.165, 1.54) is 13.1 Å². The van der Waals surface area contributed by atoms with Gasteiger partial charge in [-0.3, -0.25) is 9.69 Å². The van der Waals surface area contributed by atoms with E-state index in [0.29, 0.717) is 40.1 Å². The standard InChI is InChI=1S/C31H42N7O3P/c1-22(39)25-21-32-31(35-30(25)33-27-8-6-7-9-29(27)42(4,5)40)34-26-11-10-24(20-28(26)41-3)37-14-12-23(13-15-37)38-18-16-36(2)17-19-38/h6-11,20-21,23H,12-19H2,1-5H3,(H2,32,33,34,35). The van der Waals surface area contributed by atoms with E-state index in [1.807, 2.05) is 30.3 Å². The fourth-order valence-electron chi connectivity index (χ4n) is 5.75. The number of ether oxygens (including phenoxy) is 1. The molecule has 0 unspecified atom stereocenters. The lowest BCUT2D eigenvalue weighted by molar-refractivity contribution is 0.0982. The number of para-hydroxylation sites is 1. The maximum absolute atomic E-state index is 12.9. The molecule has 0 radical (unpaired) electrons. The zero-order valence-corrected chi connectivity index (χ0v) is 26.2. The average molecular weight is 592 g/mol. The van der Waals surface area contributed by atoms with Crippen molar-refractivity contribution in [2.24, 2.45) is 0 Å². The van der Waals surface area contributed by atoms with Crippen LogP contribution < -0.4 is 25.6 Å². The Balaban J connectivity index is 1.31. The Labute approximate surface area is 248 Å². The first-order valence-corrected chi connectivity index (χ1v) is 17.1. The van der Waals surface area contributed by atoms with Gasteiger partial charge in [0.15, 0.2) is 5.78 Å². The Morgan fingerprint density at radius 2 is 1.69 bits per heavy atom. The Hall–Kier alpha value is -3.46. The van der Waals surface area contributed by atoms with E-state index in [9.17, 15) is 9.36 Å². The largest absolute Gasteiger partial charge is 0.494 e. The number of nitrogens with zero attached hydrogens (tertiary/aromatic N) is 5. The van der Waals surface area contributed by atoms with Gasteiger partial charge < -0.3 is 29.7 Å². The topological polar surface area (TPSA) is 103 Å². The van der Waals surface area contributed by atoms with E-state index in [2.05, 4.69) is 54.5 Å². The summed E-state index contributed by atoms with van der Waals surface area (Å²) in [5.74, 6) is 1.18. The van der Waals surface area contributed by atoms with Crippen molar-refractivity contribution in [3.05, 3.63) is 54.2 Å². The predicted molar refractivity (Wildman–Crippen MR) is 171 cm³/mol. The van der Waals surface area contributed by atoms with Gasteiger partial charge in [0.1, 0.15) is 18.7 Å². The van der Waals surface area contributed by atoms with Crippen LogP contribution in [-0.2, 0) is 4.57 Å². The van der Waals surface area contributed by atoms with Gasteiger partial charge in [-0.05, 0) is 64.4 Å². The van der Waals surface area contributed by atoms with Crippen LogP contribution in [0.15, 0.2) is 48.7 Å². The fraction of sp³-hybridized carbons (Fsp3) is 0.452. The Morgan fingerprint density at radius 1 is 0.976 bits per heavy atom. The van der Waals surface area contributed by atoms with Gasteiger partial charge in [0, 0.05) is 68.6 Å². The van der Waals surface area contributed by atoms with E-state index in [4.69, 9.17) is 4.74 Å². The number of nitrogens with one attached hydrogen (secondary N) is 2. The summed E-state index contributed by atoms with van der Waals surface area (Å²) in [6, 6.07) is 14.2. The van der Waals surface area contributed by atoms with Crippen LogP contribution in [0.4, 0.5) is 28.8 Å². The number of hydrogen-bond acceptors (Lipinski definition) is 10. The minimum absolute atomic E-state index is 0.170. The molecule has 2 saturated heterocycles. The molecule has 0 saturated carbocycles. The van der Waals surface area contributed by atoms with E-state index in [1.54, 1.807) is 20.4 Å². The summed E-state index contributed by atoms with van der Waals surface area (Å²) in [6.45, 7) is 11.6. The highest BCUT2D eigenvalue weighted by atomic mass is 31.2. The van der Waals surface area contributed by atoms with Crippen LogP contribution in [0.2, 0.25) is 0 Å². The maximum Gasteiger partial charge on any atom is 0.229 e. The molecule has 0 aliphatic carbocycles. The normalized spacial score (nSPS) is 17.2. The number of piperidine rings is 1. The number of methoxy groups -OCH3 is 1. The van der Waals surface area contributed by atoms with Crippen molar-refractivity contribution in [3.63, 3.8) is 0 Å². The summed E-state index contributed by atoms with van der Waals surface area (Å²) in [7, 11) is 1.29. The number of Topliss-reactive ketones (excluding diaryl/α,β-unsaturated/α-hetero) is 1. The van der Waals surface area contributed by atoms with E-state index in [-0.39, 0.29) is 5.78 Å². The number of carbonyl (C=O) groups is 1. The minimum Gasteiger partial charge on any atom is -0.494 e. The van der Waals surface area contributed by atoms with Crippen molar-refractivity contribution >= 4 is 47.1 Å². The number of likely N-dealkylation sites (N-methyl/N-ethyl adjacent to an activating group) is 1. The zero-order chi connectivity index (χ0) is 29.9. The molecule has 3 heterocycles. The molecule has 42 heavy (non-hydrogen) atoms. The van der Waals surface area contributed by atoms with Crippen LogP contribution in [0.25, 0.3) is 0 Å². The van der Waals surface area contributed by atoms with Gasteiger partial charge in [-0.25, -0.2) is 4.98 Å². The smallest absolute Gasteiger partial charge is 0.229 e. The monoisotopic (exact) mass is 591 g/mol. The zero-order valence-electron chi connectivity index (χ0n) is 25.3. The second-order valence-corrected chi connectivity index (χ2v) is 14.8. The van der Waals surface area contributed by atoms with Crippen LogP contribution in [-0.4, -0.2) is 98.3 Å². The summed E-state index contributed by atoms with van der Waals surface area (Å²) >= 11 is 0. The van der Waals surface area contributed by atoms with Gasteiger partial charge in [0.05, 0.1) is 24.0 Å². The molecular weight excluding hydrogens is 549 g/mol. The number of anilines is 5. The van der Waals surface area contributed by atoms with Crippen LogP contribution >= 0.6 is 7.14 Å². The number of piperazine rings is 1. The van der Waals surface area contributed by atoms with Crippen LogP contribution in [0.3, 0.4) is 0 Å². The molecule has 5 rings (SSSR count). The Kier molecular flexibility index (Phi) is 9.16. The molecule has 2 aliphatic heterocycles. The van der Waals surface area contributed by atoms with Crippen molar-refractivity contribution in [1.29, 1.82) is 0 Å². The third kappa shape index (κ3) is 6.94. The molecule has 0 atom stereocenters. The Bertz CT molecular complexity index is 1460. The molecule has 2 fully saturated rings. The van der Waals surface area contributed by atoms with Crippen LogP contribution in [0, 0.1) is 0 Å². The first-order valence-electron chi connectivity index (χ1n) is 14.5.